The Balaban J connectivity index is 2.32. The summed E-state index contributed by atoms with van der Waals surface area (Å²) in [5.74, 6) is 0. The van der Waals surface area contributed by atoms with E-state index >= 15 is 0 Å². The summed E-state index contributed by atoms with van der Waals surface area (Å²) in [6, 6.07) is 1.20. The lowest BCUT2D eigenvalue weighted by molar-refractivity contribution is -0.108. The average Bonchev–Trinajstić information content (AvgIpc) is 2.79. The number of carbonyl (C=O) groups is 1. The number of rotatable bonds is 5. The molecule has 0 spiro atoms. The van der Waals surface area contributed by atoms with Gasteiger partial charge < -0.3 is 19.7 Å². The van der Waals surface area contributed by atoms with E-state index in [-0.39, 0.29) is 26.0 Å². The number of aromatic nitrogens is 2. The molecule has 1 aliphatic heterocycles. The maximum atomic E-state index is 12.2. The normalized spacial score (nSPS) is 25.8. The molecule has 0 bridgehead atoms. The molecule has 1 aromatic heterocycles. The molecular formula is C12H16N2O6. The zero-order valence-electron chi connectivity index (χ0n) is 10.7. The fraction of sp³-hybridized carbons (Fsp3) is 0.583. The zero-order chi connectivity index (χ0) is 14.7. The molecule has 0 aliphatic carbocycles. The van der Waals surface area contributed by atoms with Crippen LogP contribution in [0.2, 0.25) is 0 Å². The molecule has 110 valence electrons. The number of carbonyl (C=O) groups excluding carboxylic acids is 1. The third-order valence-electron chi connectivity index (χ3n) is 3.26. The summed E-state index contributed by atoms with van der Waals surface area (Å²) < 4.78 is 7.49. The maximum absolute atomic E-state index is 12.2. The van der Waals surface area contributed by atoms with Gasteiger partial charge in [0.1, 0.15) is 18.6 Å². The molecule has 2 heterocycles. The fourth-order valence-electron chi connectivity index (χ4n) is 2.19. The van der Waals surface area contributed by atoms with Gasteiger partial charge in [0.15, 0.2) is 0 Å². The zero-order valence-corrected chi connectivity index (χ0v) is 10.7. The van der Waals surface area contributed by atoms with E-state index in [1.165, 1.54) is 16.8 Å². The Bertz CT molecular complexity index is 592. The number of aldehydes is 1. The third kappa shape index (κ3) is 2.72. The topological polar surface area (TPSA) is 111 Å². The molecule has 8 nitrogen and oxygen atoms in total. The smallest absolute Gasteiger partial charge is 0.333 e. The van der Waals surface area contributed by atoms with Crippen LogP contribution in [-0.2, 0) is 16.1 Å². The van der Waals surface area contributed by atoms with Gasteiger partial charge in [0, 0.05) is 31.6 Å². The summed E-state index contributed by atoms with van der Waals surface area (Å²) in [6.07, 6.45) is -0.226. The van der Waals surface area contributed by atoms with E-state index in [9.17, 15) is 19.5 Å². The van der Waals surface area contributed by atoms with Gasteiger partial charge in [0.2, 0.25) is 0 Å². The minimum Gasteiger partial charge on any atom is -0.394 e. The summed E-state index contributed by atoms with van der Waals surface area (Å²) in [5, 5.41) is 18.7. The van der Waals surface area contributed by atoms with Gasteiger partial charge in [-0.3, -0.25) is 13.9 Å². The number of ether oxygens (including phenoxy) is 1. The molecule has 3 atom stereocenters. The minimum absolute atomic E-state index is 0.000703. The summed E-state index contributed by atoms with van der Waals surface area (Å²) in [4.78, 5) is 34.1. The van der Waals surface area contributed by atoms with E-state index in [0.29, 0.717) is 6.29 Å². The molecule has 2 N–H and O–H groups in total. The Morgan fingerprint density at radius 2 is 2.20 bits per heavy atom. The summed E-state index contributed by atoms with van der Waals surface area (Å²) in [6.45, 7) is -0.349. The highest BCUT2D eigenvalue weighted by molar-refractivity contribution is 5.48. The van der Waals surface area contributed by atoms with Gasteiger partial charge >= 0.3 is 5.69 Å². The van der Waals surface area contributed by atoms with Gasteiger partial charge in [-0.1, -0.05) is 0 Å². The van der Waals surface area contributed by atoms with Crippen LogP contribution >= 0.6 is 0 Å². The molecule has 0 amide bonds. The molecule has 2 rings (SSSR count). The van der Waals surface area contributed by atoms with Crippen molar-refractivity contribution in [3.63, 3.8) is 0 Å². The van der Waals surface area contributed by atoms with Crippen molar-refractivity contribution in [2.45, 2.75) is 37.8 Å². The number of nitrogens with zero attached hydrogens (tertiary/aromatic N) is 2. The molecular weight excluding hydrogens is 268 g/mol. The third-order valence-corrected chi connectivity index (χ3v) is 3.26. The largest absolute Gasteiger partial charge is 0.394 e. The van der Waals surface area contributed by atoms with Crippen LogP contribution in [0.3, 0.4) is 0 Å². The van der Waals surface area contributed by atoms with Crippen LogP contribution in [0.15, 0.2) is 21.9 Å². The van der Waals surface area contributed by atoms with Crippen molar-refractivity contribution in [1.29, 1.82) is 0 Å². The highest BCUT2D eigenvalue weighted by Crippen LogP contribution is 2.26. The van der Waals surface area contributed by atoms with Crippen molar-refractivity contribution in [3.8, 4) is 0 Å². The molecule has 8 heteroatoms. The van der Waals surface area contributed by atoms with Crippen LogP contribution in [0, 0.1) is 0 Å². The van der Waals surface area contributed by atoms with Gasteiger partial charge in [-0.15, -0.1) is 0 Å². The predicted octanol–water partition coefficient (Wildman–Crippen LogP) is -1.76. The predicted molar refractivity (Wildman–Crippen MR) is 67.3 cm³/mol. The fourth-order valence-corrected chi connectivity index (χ4v) is 2.19. The second kappa shape index (κ2) is 6.12. The lowest BCUT2D eigenvalue weighted by Gasteiger charge is -2.15. The molecule has 0 aromatic carbocycles. The number of aliphatic hydroxyl groups excluding tert-OH is 2. The highest BCUT2D eigenvalue weighted by Gasteiger charge is 2.35. The second-order valence-electron chi connectivity index (χ2n) is 4.57. The standard InChI is InChI=1S/C12H16N2O6/c15-5-1-3-13-10(18)2-4-14(12(13)19)11-6-8(17)9(7-16)20-11/h2,4-5,8-9,11,16-17H,1,3,6-7H2/t8-,9+,11+/m0/s1. The SMILES string of the molecule is O=CCCn1c(=O)ccn([C@H]2C[C@H](O)[C@@H](CO)O2)c1=O. The number of hydrogen-bond donors (Lipinski definition) is 2. The lowest BCUT2D eigenvalue weighted by Crippen LogP contribution is -2.40. The average molecular weight is 284 g/mol. The van der Waals surface area contributed by atoms with Crippen molar-refractivity contribution in [3.05, 3.63) is 33.1 Å². The molecule has 1 fully saturated rings. The maximum Gasteiger partial charge on any atom is 0.333 e. The van der Waals surface area contributed by atoms with Crippen molar-refractivity contribution < 1.29 is 19.7 Å². The van der Waals surface area contributed by atoms with Crippen LogP contribution in [0.1, 0.15) is 19.1 Å². The summed E-state index contributed by atoms with van der Waals surface area (Å²) in [7, 11) is 0. The van der Waals surface area contributed by atoms with Gasteiger partial charge in [-0.2, -0.15) is 0 Å². The van der Waals surface area contributed by atoms with Crippen molar-refractivity contribution in [2.75, 3.05) is 6.61 Å². The van der Waals surface area contributed by atoms with Crippen LogP contribution in [0.25, 0.3) is 0 Å². The van der Waals surface area contributed by atoms with E-state index in [4.69, 9.17) is 9.84 Å². The summed E-state index contributed by atoms with van der Waals surface area (Å²) in [5.41, 5.74) is -1.10. The van der Waals surface area contributed by atoms with Crippen LogP contribution in [0.5, 0.6) is 0 Å². The van der Waals surface area contributed by atoms with E-state index in [2.05, 4.69) is 0 Å². The monoisotopic (exact) mass is 284 g/mol. The summed E-state index contributed by atoms with van der Waals surface area (Å²) >= 11 is 0. The quantitative estimate of drug-likeness (QED) is 0.620. The Morgan fingerprint density at radius 1 is 1.45 bits per heavy atom. The molecule has 0 unspecified atom stereocenters. The Hall–Kier alpha value is -1.77. The van der Waals surface area contributed by atoms with E-state index in [1.807, 2.05) is 0 Å². The van der Waals surface area contributed by atoms with Gasteiger partial charge in [-0.25, -0.2) is 4.79 Å². The van der Waals surface area contributed by atoms with E-state index in [1.54, 1.807) is 0 Å². The van der Waals surface area contributed by atoms with Crippen molar-refractivity contribution >= 4 is 6.29 Å². The van der Waals surface area contributed by atoms with Gasteiger partial charge in [0.25, 0.3) is 5.56 Å². The van der Waals surface area contributed by atoms with E-state index in [0.717, 1.165) is 4.57 Å². The van der Waals surface area contributed by atoms with Crippen molar-refractivity contribution in [2.24, 2.45) is 0 Å². The molecule has 1 aliphatic rings. The van der Waals surface area contributed by atoms with Crippen LogP contribution in [-0.4, -0.2) is 44.4 Å². The molecule has 0 saturated carbocycles. The molecule has 20 heavy (non-hydrogen) atoms. The first kappa shape index (κ1) is 14.6. The second-order valence-corrected chi connectivity index (χ2v) is 4.57. The minimum atomic E-state index is -0.868. The Morgan fingerprint density at radius 3 is 2.80 bits per heavy atom. The van der Waals surface area contributed by atoms with Gasteiger partial charge in [-0.05, 0) is 0 Å². The number of aliphatic hydroxyl groups is 2. The number of hydrogen-bond acceptors (Lipinski definition) is 6. The van der Waals surface area contributed by atoms with Crippen LogP contribution < -0.4 is 11.2 Å². The lowest BCUT2D eigenvalue weighted by atomic mass is 10.2. The Labute approximate surface area is 113 Å². The van der Waals surface area contributed by atoms with Crippen molar-refractivity contribution in [1.82, 2.24) is 9.13 Å². The Kier molecular flexibility index (Phi) is 4.48. The highest BCUT2D eigenvalue weighted by atomic mass is 16.5. The first-order valence-electron chi connectivity index (χ1n) is 6.28. The molecule has 1 aromatic rings. The van der Waals surface area contributed by atoms with Crippen LogP contribution in [0.4, 0.5) is 0 Å². The molecule has 0 radical (unpaired) electrons. The van der Waals surface area contributed by atoms with Gasteiger partial charge in [0.05, 0.1) is 12.7 Å². The molecule has 1 saturated heterocycles. The first-order chi connectivity index (χ1) is 9.58. The van der Waals surface area contributed by atoms with E-state index < -0.39 is 29.7 Å². The first-order valence-corrected chi connectivity index (χ1v) is 6.28.